The predicted molar refractivity (Wildman–Crippen MR) is 119 cm³/mol. The number of hydrogen-bond acceptors (Lipinski definition) is 3. The van der Waals surface area contributed by atoms with Crippen molar-refractivity contribution in [2.45, 2.75) is 45.4 Å². The number of benzene rings is 1. The van der Waals surface area contributed by atoms with Crippen molar-refractivity contribution in [3.63, 3.8) is 0 Å². The molecule has 0 unspecified atom stereocenters. The number of piperidine rings is 1. The van der Waals surface area contributed by atoms with Crippen molar-refractivity contribution in [2.24, 2.45) is 10.9 Å². The van der Waals surface area contributed by atoms with Crippen molar-refractivity contribution in [3.8, 4) is 0 Å². The summed E-state index contributed by atoms with van der Waals surface area (Å²) in [6, 6.07) is 8.99. The van der Waals surface area contributed by atoms with Crippen LogP contribution in [0.15, 0.2) is 29.3 Å². The second-order valence-corrected chi connectivity index (χ2v) is 8.52. The van der Waals surface area contributed by atoms with Crippen LogP contribution in [0.25, 0.3) is 0 Å². The quantitative estimate of drug-likeness (QED) is 0.504. The van der Waals surface area contributed by atoms with Crippen LogP contribution >= 0.6 is 0 Å². The molecule has 0 radical (unpaired) electrons. The van der Waals surface area contributed by atoms with Crippen molar-refractivity contribution in [1.82, 2.24) is 15.5 Å². The summed E-state index contributed by atoms with van der Waals surface area (Å²) in [4.78, 5) is 6.92. The van der Waals surface area contributed by atoms with E-state index in [-0.39, 0.29) is 5.41 Å². The minimum Gasteiger partial charge on any atom is -0.383 e. The Labute approximate surface area is 171 Å². The highest BCUT2D eigenvalue weighted by molar-refractivity contribution is 5.79. The van der Waals surface area contributed by atoms with Crippen LogP contribution in [0.5, 0.6) is 0 Å². The molecule has 1 aliphatic heterocycles. The molecule has 28 heavy (non-hydrogen) atoms. The molecule has 1 heterocycles. The van der Waals surface area contributed by atoms with Crippen LogP contribution < -0.4 is 10.6 Å². The van der Waals surface area contributed by atoms with Crippen molar-refractivity contribution in [2.75, 3.05) is 53.5 Å². The molecule has 5 heteroatoms. The SMILES string of the molecule is CCc1ccc(C(C)(C)CNC(=NC)NCC2CCN(CCOC)CC2)cc1. The third kappa shape index (κ3) is 7.10. The fourth-order valence-corrected chi connectivity index (χ4v) is 3.69. The first-order valence-electron chi connectivity index (χ1n) is 10.7. The van der Waals surface area contributed by atoms with Gasteiger partial charge in [-0.25, -0.2) is 0 Å². The monoisotopic (exact) mass is 388 g/mol. The molecule has 1 aromatic rings. The predicted octanol–water partition coefficient (Wildman–Crippen LogP) is 3.05. The molecule has 5 nitrogen and oxygen atoms in total. The number of nitrogens with zero attached hydrogens (tertiary/aromatic N) is 2. The maximum absolute atomic E-state index is 5.18. The number of aliphatic imine (C=N–C) groups is 1. The summed E-state index contributed by atoms with van der Waals surface area (Å²) in [5.74, 6) is 1.62. The molecule has 2 N–H and O–H groups in total. The van der Waals surface area contributed by atoms with Crippen LogP contribution in [0, 0.1) is 5.92 Å². The fraction of sp³-hybridized carbons (Fsp3) is 0.696. The van der Waals surface area contributed by atoms with Crippen molar-refractivity contribution >= 4 is 5.96 Å². The molecule has 1 aromatic carbocycles. The molecule has 1 saturated heterocycles. The van der Waals surface area contributed by atoms with E-state index in [9.17, 15) is 0 Å². The zero-order chi connectivity index (χ0) is 20.4. The van der Waals surface area contributed by atoms with E-state index < -0.39 is 0 Å². The van der Waals surface area contributed by atoms with Gasteiger partial charge in [0.25, 0.3) is 0 Å². The Morgan fingerprint density at radius 2 is 1.86 bits per heavy atom. The number of ether oxygens (including phenoxy) is 1. The van der Waals surface area contributed by atoms with Gasteiger partial charge in [-0.15, -0.1) is 0 Å². The number of nitrogens with one attached hydrogen (secondary N) is 2. The van der Waals surface area contributed by atoms with Crippen molar-refractivity contribution in [1.29, 1.82) is 0 Å². The zero-order valence-electron chi connectivity index (χ0n) is 18.6. The maximum atomic E-state index is 5.18. The highest BCUT2D eigenvalue weighted by atomic mass is 16.5. The molecule has 0 aromatic heterocycles. The second-order valence-electron chi connectivity index (χ2n) is 8.52. The molecule has 0 saturated carbocycles. The van der Waals surface area contributed by atoms with Gasteiger partial charge in [0.15, 0.2) is 5.96 Å². The maximum Gasteiger partial charge on any atom is 0.191 e. The molecule has 1 fully saturated rings. The van der Waals surface area contributed by atoms with E-state index in [1.54, 1.807) is 7.11 Å². The normalized spacial score (nSPS) is 17.0. The molecule has 158 valence electrons. The summed E-state index contributed by atoms with van der Waals surface area (Å²) in [5.41, 5.74) is 2.80. The van der Waals surface area contributed by atoms with E-state index in [0.717, 1.165) is 38.6 Å². The van der Waals surface area contributed by atoms with Crippen molar-refractivity contribution < 1.29 is 4.74 Å². The number of rotatable bonds is 9. The number of guanidine groups is 1. The largest absolute Gasteiger partial charge is 0.383 e. The van der Waals surface area contributed by atoms with Crippen LogP contribution in [0.4, 0.5) is 0 Å². The third-order valence-corrected chi connectivity index (χ3v) is 5.94. The van der Waals surface area contributed by atoms with Gasteiger partial charge < -0.3 is 20.3 Å². The Bertz CT molecular complexity index is 589. The van der Waals surface area contributed by atoms with Gasteiger partial charge in [0, 0.05) is 39.2 Å². The molecule has 2 rings (SSSR count). The summed E-state index contributed by atoms with van der Waals surface area (Å²) < 4.78 is 5.18. The first-order chi connectivity index (χ1) is 13.5. The van der Waals surface area contributed by atoms with Gasteiger partial charge in [0.2, 0.25) is 0 Å². The molecule has 1 aliphatic rings. The van der Waals surface area contributed by atoms with Gasteiger partial charge in [0.05, 0.1) is 6.61 Å². The standard InChI is InChI=1S/C23H40N4O/c1-6-19-7-9-21(10-8-19)23(2,3)18-26-22(24-4)25-17-20-11-13-27(14-12-20)15-16-28-5/h7-10,20H,6,11-18H2,1-5H3,(H2,24,25,26). The second kappa shape index (κ2) is 11.4. The summed E-state index contributed by atoms with van der Waals surface area (Å²) in [6.07, 6.45) is 3.56. The molecular weight excluding hydrogens is 348 g/mol. The van der Waals surface area contributed by atoms with Crippen LogP contribution in [-0.4, -0.2) is 64.3 Å². The van der Waals surface area contributed by atoms with Gasteiger partial charge in [0.1, 0.15) is 0 Å². The number of aryl methyl sites for hydroxylation is 1. The third-order valence-electron chi connectivity index (χ3n) is 5.94. The fourth-order valence-electron chi connectivity index (χ4n) is 3.69. The van der Waals surface area contributed by atoms with Gasteiger partial charge in [-0.3, -0.25) is 4.99 Å². The number of methoxy groups -OCH3 is 1. The Kier molecular flexibility index (Phi) is 9.26. The molecule has 0 amide bonds. The lowest BCUT2D eigenvalue weighted by Crippen LogP contribution is -2.46. The topological polar surface area (TPSA) is 48.9 Å². The van der Waals surface area contributed by atoms with Gasteiger partial charge in [-0.2, -0.15) is 0 Å². The van der Waals surface area contributed by atoms with Crippen LogP contribution in [-0.2, 0) is 16.6 Å². The average molecular weight is 389 g/mol. The molecule has 0 bridgehead atoms. The minimum atomic E-state index is 0.0522. The van der Waals surface area contributed by atoms with Crippen molar-refractivity contribution in [3.05, 3.63) is 35.4 Å². The lowest BCUT2D eigenvalue weighted by Gasteiger charge is -2.32. The summed E-state index contributed by atoms with van der Waals surface area (Å²) in [7, 11) is 3.63. The van der Waals surface area contributed by atoms with Crippen LogP contribution in [0.1, 0.15) is 44.7 Å². The van der Waals surface area contributed by atoms with E-state index >= 15 is 0 Å². The molecule has 0 aliphatic carbocycles. The molecular formula is C23H40N4O. The Morgan fingerprint density at radius 1 is 1.18 bits per heavy atom. The van der Waals surface area contributed by atoms with Gasteiger partial charge >= 0.3 is 0 Å². The van der Waals surface area contributed by atoms with E-state index in [1.165, 1.54) is 37.1 Å². The number of hydrogen-bond donors (Lipinski definition) is 2. The lowest BCUT2D eigenvalue weighted by molar-refractivity contribution is 0.121. The Balaban J connectivity index is 1.75. The minimum absolute atomic E-state index is 0.0522. The van der Waals surface area contributed by atoms with Gasteiger partial charge in [-0.05, 0) is 49.4 Å². The summed E-state index contributed by atoms with van der Waals surface area (Å²) >= 11 is 0. The Hall–Kier alpha value is -1.59. The lowest BCUT2D eigenvalue weighted by atomic mass is 9.84. The first-order valence-corrected chi connectivity index (χ1v) is 10.7. The molecule has 0 spiro atoms. The summed E-state index contributed by atoms with van der Waals surface area (Å²) in [6.45, 7) is 12.8. The number of likely N-dealkylation sites (tertiary alicyclic amines) is 1. The highest BCUT2D eigenvalue weighted by Crippen LogP contribution is 2.23. The van der Waals surface area contributed by atoms with Crippen LogP contribution in [0.3, 0.4) is 0 Å². The molecule has 0 atom stereocenters. The highest BCUT2D eigenvalue weighted by Gasteiger charge is 2.22. The van der Waals surface area contributed by atoms with Crippen LogP contribution in [0.2, 0.25) is 0 Å². The van der Waals surface area contributed by atoms with E-state index in [1.807, 2.05) is 7.05 Å². The zero-order valence-corrected chi connectivity index (χ0v) is 18.6. The average Bonchev–Trinajstić information content (AvgIpc) is 2.73. The van der Waals surface area contributed by atoms with E-state index in [0.29, 0.717) is 5.92 Å². The van der Waals surface area contributed by atoms with Gasteiger partial charge in [-0.1, -0.05) is 45.0 Å². The smallest absolute Gasteiger partial charge is 0.191 e. The Morgan fingerprint density at radius 3 is 2.43 bits per heavy atom. The van der Waals surface area contributed by atoms with E-state index in [2.05, 4.69) is 65.6 Å². The first kappa shape index (κ1) is 22.7. The van der Waals surface area contributed by atoms with E-state index in [4.69, 9.17) is 4.74 Å². The summed E-state index contributed by atoms with van der Waals surface area (Å²) in [5, 5.41) is 7.06.